The number of carbonyl (C=O) groups excluding carboxylic acids is 1. The van der Waals surface area contributed by atoms with Crippen LogP contribution in [0.4, 0.5) is 0 Å². The number of aromatic nitrogens is 3. The minimum Gasteiger partial charge on any atom is -0.497 e. The third-order valence-electron chi connectivity index (χ3n) is 7.39. The van der Waals surface area contributed by atoms with Crippen LogP contribution in [0.5, 0.6) is 5.75 Å². The van der Waals surface area contributed by atoms with E-state index in [-0.39, 0.29) is 17.5 Å². The molecule has 7 nitrogen and oxygen atoms in total. The molecular weight excluding hydrogens is 484 g/mol. The molecule has 0 aliphatic heterocycles. The Bertz CT molecular complexity index is 1650. The number of fused-ring (bicyclic) bond motifs is 3. The van der Waals surface area contributed by atoms with Gasteiger partial charge in [0.25, 0.3) is 11.5 Å². The SMILES string of the molecule is COc1ccc(-n2nc(C(=O)N(Cc3cccs3)C3CCCC3)c3c4ccccc4n(C)c3c2=O)cc1. The van der Waals surface area contributed by atoms with Gasteiger partial charge in [0.2, 0.25) is 0 Å². The molecule has 0 atom stereocenters. The number of methoxy groups -OCH3 is 1. The van der Waals surface area contributed by atoms with Gasteiger partial charge < -0.3 is 14.2 Å². The van der Waals surface area contributed by atoms with Crippen molar-refractivity contribution in [2.75, 3.05) is 7.11 Å². The molecule has 8 heteroatoms. The molecule has 0 saturated heterocycles. The summed E-state index contributed by atoms with van der Waals surface area (Å²) in [7, 11) is 3.47. The van der Waals surface area contributed by atoms with E-state index < -0.39 is 0 Å². The maximum Gasteiger partial charge on any atom is 0.296 e. The fourth-order valence-electron chi connectivity index (χ4n) is 5.52. The molecule has 1 aliphatic carbocycles. The van der Waals surface area contributed by atoms with Crippen LogP contribution < -0.4 is 10.3 Å². The van der Waals surface area contributed by atoms with Crippen molar-refractivity contribution in [3.63, 3.8) is 0 Å². The molecule has 0 unspecified atom stereocenters. The van der Waals surface area contributed by atoms with Crippen molar-refractivity contribution in [2.45, 2.75) is 38.3 Å². The topological polar surface area (TPSA) is 69.4 Å². The molecule has 6 rings (SSSR count). The molecule has 3 heterocycles. The first-order valence-electron chi connectivity index (χ1n) is 12.5. The van der Waals surface area contributed by atoms with Crippen molar-refractivity contribution in [3.8, 4) is 11.4 Å². The molecule has 1 aliphatic rings. The van der Waals surface area contributed by atoms with Gasteiger partial charge in [0.05, 0.1) is 19.3 Å². The van der Waals surface area contributed by atoms with E-state index in [0.717, 1.165) is 41.5 Å². The second-order valence-corrected chi connectivity index (χ2v) is 10.5. The Hall–Kier alpha value is -3.91. The van der Waals surface area contributed by atoms with Crippen LogP contribution >= 0.6 is 11.3 Å². The van der Waals surface area contributed by atoms with Crippen molar-refractivity contribution in [3.05, 3.63) is 87.0 Å². The maximum absolute atomic E-state index is 14.4. The lowest BCUT2D eigenvalue weighted by Crippen LogP contribution is -2.39. The Morgan fingerprint density at radius 2 is 1.84 bits per heavy atom. The highest BCUT2D eigenvalue weighted by molar-refractivity contribution is 7.09. The average Bonchev–Trinajstić information content (AvgIpc) is 3.70. The monoisotopic (exact) mass is 512 g/mol. The third-order valence-corrected chi connectivity index (χ3v) is 8.25. The predicted molar refractivity (Wildman–Crippen MR) is 147 cm³/mol. The fourth-order valence-corrected chi connectivity index (χ4v) is 6.22. The smallest absolute Gasteiger partial charge is 0.296 e. The number of amides is 1. The van der Waals surface area contributed by atoms with Crippen LogP contribution in [0.15, 0.2) is 70.8 Å². The lowest BCUT2D eigenvalue weighted by atomic mass is 10.1. The first-order chi connectivity index (χ1) is 18.1. The quantitative estimate of drug-likeness (QED) is 0.300. The third kappa shape index (κ3) is 4.01. The van der Waals surface area contributed by atoms with E-state index in [4.69, 9.17) is 9.84 Å². The van der Waals surface area contributed by atoms with Gasteiger partial charge in [0, 0.05) is 34.3 Å². The van der Waals surface area contributed by atoms with Crippen LogP contribution in [0, 0.1) is 0 Å². The second-order valence-electron chi connectivity index (χ2n) is 9.51. The molecular formula is C29H28N4O3S. The van der Waals surface area contributed by atoms with E-state index in [9.17, 15) is 9.59 Å². The van der Waals surface area contributed by atoms with E-state index in [2.05, 4.69) is 6.07 Å². The first-order valence-corrected chi connectivity index (χ1v) is 13.4. The van der Waals surface area contributed by atoms with Crippen molar-refractivity contribution in [1.82, 2.24) is 19.2 Å². The Morgan fingerprint density at radius 1 is 1.08 bits per heavy atom. The number of nitrogens with zero attached hydrogens (tertiary/aromatic N) is 4. The van der Waals surface area contributed by atoms with E-state index in [0.29, 0.717) is 34.6 Å². The van der Waals surface area contributed by atoms with E-state index in [1.54, 1.807) is 42.7 Å². The summed E-state index contributed by atoms with van der Waals surface area (Å²) in [5.74, 6) is 0.547. The number of aryl methyl sites for hydroxylation is 1. The van der Waals surface area contributed by atoms with Crippen LogP contribution in [0.25, 0.3) is 27.5 Å². The molecule has 5 aromatic rings. The summed E-state index contributed by atoms with van der Waals surface area (Å²) in [6.07, 6.45) is 4.19. The molecule has 0 N–H and O–H groups in total. The Morgan fingerprint density at radius 3 is 2.54 bits per heavy atom. The minimum atomic E-state index is -0.263. The molecule has 1 amide bonds. The van der Waals surface area contributed by atoms with Gasteiger partial charge in [-0.15, -0.1) is 11.3 Å². The summed E-state index contributed by atoms with van der Waals surface area (Å²) in [5, 5.41) is 8.29. The van der Waals surface area contributed by atoms with E-state index >= 15 is 0 Å². The van der Waals surface area contributed by atoms with Crippen LogP contribution in [0.2, 0.25) is 0 Å². The molecule has 1 fully saturated rings. The number of para-hydroxylation sites is 1. The molecule has 2 aromatic carbocycles. The second kappa shape index (κ2) is 9.52. The zero-order chi connectivity index (χ0) is 25.5. The molecule has 0 radical (unpaired) electrons. The standard InChI is InChI=1S/C29H28N4O3S/c1-31-24-12-6-5-11-23(24)25-26(28(34)32(19-8-3-4-9-19)18-22-10-7-17-37-22)30-33(29(35)27(25)31)20-13-15-21(36-2)16-14-20/h5-7,10-17,19H,3-4,8-9,18H2,1-2H3. The average molecular weight is 513 g/mol. The van der Waals surface area contributed by atoms with Crippen molar-refractivity contribution in [1.29, 1.82) is 0 Å². The summed E-state index contributed by atoms with van der Waals surface area (Å²) in [6.45, 7) is 0.538. The van der Waals surface area contributed by atoms with Crippen molar-refractivity contribution >= 4 is 39.0 Å². The van der Waals surface area contributed by atoms with Crippen LogP contribution in [0.1, 0.15) is 41.0 Å². The molecule has 188 valence electrons. The summed E-state index contributed by atoms with van der Waals surface area (Å²) in [4.78, 5) is 31.4. The summed E-state index contributed by atoms with van der Waals surface area (Å²) in [6, 6.07) is 19.2. The van der Waals surface area contributed by atoms with Crippen molar-refractivity contribution in [2.24, 2.45) is 7.05 Å². The van der Waals surface area contributed by atoms with Crippen molar-refractivity contribution < 1.29 is 9.53 Å². The van der Waals surface area contributed by atoms with Crippen LogP contribution in [-0.2, 0) is 13.6 Å². The van der Waals surface area contributed by atoms with Gasteiger partial charge in [-0.3, -0.25) is 9.59 Å². The summed E-state index contributed by atoms with van der Waals surface area (Å²) in [5.41, 5.74) is 1.99. The van der Waals surface area contributed by atoms with Crippen LogP contribution in [-0.4, -0.2) is 38.3 Å². The predicted octanol–water partition coefficient (Wildman–Crippen LogP) is 5.53. The lowest BCUT2D eigenvalue weighted by molar-refractivity contribution is 0.0661. The number of ether oxygens (including phenoxy) is 1. The zero-order valence-corrected chi connectivity index (χ0v) is 21.7. The van der Waals surface area contributed by atoms with Gasteiger partial charge in [-0.25, -0.2) is 0 Å². The number of rotatable bonds is 6. The van der Waals surface area contributed by atoms with Crippen LogP contribution in [0.3, 0.4) is 0 Å². The van der Waals surface area contributed by atoms with E-state index in [1.807, 2.05) is 52.2 Å². The number of carbonyl (C=O) groups is 1. The fraction of sp³-hybridized carbons (Fsp3) is 0.276. The van der Waals surface area contributed by atoms with Gasteiger partial charge in [-0.1, -0.05) is 37.1 Å². The van der Waals surface area contributed by atoms with Gasteiger partial charge in [0.15, 0.2) is 5.69 Å². The minimum absolute atomic E-state index is 0.135. The normalized spacial score (nSPS) is 14.0. The molecule has 1 saturated carbocycles. The molecule has 37 heavy (non-hydrogen) atoms. The molecule has 0 bridgehead atoms. The van der Waals surface area contributed by atoms with Gasteiger partial charge in [-0.2, -0.15) is 9.78 Å². The van der Waals surface area contributed by atoms with E-state index in [1.165, 1.54) is 4.68 Å². The lowest BCUT2D eigenvalue weighted by Gasteiger charge is -2.28. The number of benzene rings is 2. The Balaban J connectivity index is 1.60. The highest BCUT2D eigenvalue weighted by Crippen LogP contribution is 2.32. The number of hydrogen-bond acceptors (Lipinski definition) is 5. The number of hydrogen-bond donors (Lipinski definition) is 0. The Labute approximate surface area is 218 Å². The molecule has 0 spiro atoms. The zero-order valence-electron chi connectivity index (χ0n) is 20.9. The Kier molecular flexibility index (Phi) is 6.04. The first kappa shape index (κ1) is 23.5. The summed E-state index contributed by atoms with van der Waals surface area (Å²) >= 11 is 1.65. The van der Waals surface area contributed by atoms with Gasteiger partial charge in [-0.05, 0) is 54.6 Å². The highest BCUT2D eigenvalue weighted by atomic mass is 32.1. The number of thiophene rings is 1. The van der Waals surface area contributed by atoms with Gasteiger partial charge in [0.1, 0.15) is 11.3 Å². The molecule has 3 aromatic heterocycles. The maximum atomic E-state index is 14.4. The van der Waals surface area contributed by atoms with Gasteiger partial charge >= 0.3 is 0 Å². The highest BCUT2D eigenvalue weighted by Gasteiger charge is 2.32. The summed E-state index contributed by atoms with van der Waals surface area (Å²) < 4.78 is 8.53. The largest absolute Gasteiger partial charge is 0.497 e.